The topological polar surface area (TPSA) is 52.6 Å². The van der Waals surface area contributed by atoms with Crippen LogP contribution >= 0.6 is 0 Å². The Kier molecular flexibility index (Phi) is 7.28. The van der Waals surface area contributed by atoms with Gasteiger partial charge < -0.3 is 10.4 Å². The van der Waals surface area contributed by atoms with Crippen LogP contribution in [-0.4, -0.2) is 47.7 Å². The lowest BCUT2D eigenvalue weighted by atomic mass is 10.1. The molecule has 0 aromatic rings. The molecular formula is C14H28N2O2. The molecule has 0 spiro atoms. The van der Waals surface area contributed by atoms with E-state index in [2.05, 4.69) is 24.1 Å². The smallest absolute Gasteiger partial charge is 0.234 e. The van der Waals surface area contributed by atoms with Gasteiger partial charge in [0.15, 0.2) is 0 Å². The Balaban J connectivity index is 2.44. The van der Waals surface area contributed by atoms with E-state index in [1.807, 2.05) is 0 Å². The number of amides is 1. The molecule has 1 atom stereocenters. The lowest BCUT2D eigenvalue weighted by Gasteiger charge is -2.28. The van der Waals surface area contributed by atoms with Crippen molar-refractivity contribution in [3.05, 3.63) is 0 Å². The first-order valence-electron chi connectivity index (χ1n) is 7.35. The Morgan fingerprint density at radius 1 is 1.33 bits per heavy atom. The van der Waals surface area contributed by atoms with Crippen molar-refractivity contribution in [2.75, 3.05) is 19.7 Å². The van der Waals surface area contributed by atoms with Gasteiger partial charge in [0.2, 0.25) is 5.91 Å². The van der Waals surface area contributed by atoms with Crippen LogP contribution in [0, 0.1) is 0 Å². The van der Waals surface area contributed by atoms with E-state index in [4.69, 9.17) is 0 Å². The van der Waals surface area contributed by atoms with Crippen LogP contribution in [0.5, 0.6) is 0 Å². The lowest BCUT2D eigenvalue weighted by Crippen LogP contribution is -2.46. The van der Waals surface area contributed by atoms with Crippen LogP contribution in [0.1, 0.15) is 52.4 Å². The predicted molar refractivity (Wildman–Crippen MR) is 73.4 cm³/mol. The minimum Gasteiger partial charge on any atom is -0.395 e. The molecule has 0 aromatic carbocycles. The third kappa shape index (κ3) is 4.94. The minimum absolute atomic E-state index is 0.101. The summed E-state index contributed by atoms with van der Waals surface area (Å²) in [6.07, 6.45) is 6.47. The van der Waals surface area contributed by atoms with Gasteiger partial charge in [-0.1, -0.05) is 26.7 Å². The Hall–Kier alpha value is -0.610. The molecule has 4 nitrogen and oxygen atoms in total. The van der Waals surface area contributed by atoms with E-state index in [0.29, 0.717) is 6.54 Å². The summed E-state index contributed by atoms with van der Waals surface area (Å²) in [7, 11) is 0. The zero-order valence-electron chi connectivity index (χ0n) is 11.8. The maximum Gasteiger partial charge on any atom is 0.234 e. The number of hydrogen-bond acceptors (Lipinski definition) is 3. The highest BCUT2D eigenvalue weighted by Gasteiger charge is 2.22. The number of aliphatic hydroxyl groups is 1. The van der Waals surface area contributed by atoms with Gasteiger partial charge >= 0.3 is 0 Å². The molecule has 2 N–H and O–H groups in total. The van der Waals surface area contributed by atoms with Crippen LogP contribution < -0.4 is 5.32 Å². The molecule has 1 aliphatic rings. The summed E-state index contributed by atoms with van der Waals surface area (Å²) >= 11 is 0. The summed E-state index contributed by atoms with van der Waals surface area (Å²) in [6, 6.07) is 0.456. The molecule has 106 valence electrons. The second-order valence-electron chi connectivity index (χ2n) is 5.24. The summed E-state index contributed by atoms with van der Waals surface area (Å²) in [4.78, 5) is 14.1. The van der Waals surface area contributed by atoms with Gasteiger partial charge in [-0.2, -0.15) is 0 Å². The van der Waals surface area contributed by atoms with Crippen molar-refractivity contribution < 1.29 is 9.90 Å². The number of rotatable bonds is 6. The molecule has 0 aromatic heterocycles. The largest absolute Gasteiger partial charge is 0.395 e. The zero-order valence-corrected chi connectivity index (χ0v) is 11.8. The average molecular weight is 256 g/mol. The molecule has 18 heavy (non-hydrogen) atoms. The molecule has 1 heterocycles. The molecule has 1 fully saturated rings. The van der Waals surface area contributed by atoms with E-state index in [1.165, 1.54) is 6.42 Å². The van der Waals surface area contributed by atoms with Gasteiger partial charge in [-0.15, -0.1) is 0 Å². The van der Waals surface area contributed by atoms with Crippen molar-refractivity contribution in [1.82, 2.24) is 10.2 Å². The van der Waals surface area contributed by atoms with Crippen molar-refractivity contribution in [3.63, 3.8) is 0 Å². The summed E-state index contributed by atoms with van der Waals surface area (Å²) in [5, 5.41) is 12.5. The minimum atomic E-state index is 0.101. The van der Waals surface area contributed by atoms with Crippen molar-refractivity contribution in [1.29, 1.82) is 0 Å². The molecule has 1 rings (SSSR count). The highest BCUT2D eigenvalue weighted by atomic mass is 16.3. The molecule has 0 radical (unpaired) electrons. The second kappa shape index (κ2) is 8.48. The molecule has 0 saturated carbocycles. The van der Waals surface area contributed by atoms with E-state index in [-0.39, 0.29) is 24.6 Å². The van der Waals surface area contributed by atoms with Gasteiger partial charge in [0, 0.05) is 12.1 Å². The SMILES string of the molecule is CCC(CC)NC(=O)CN1CCCCCC1CO. The van der Waals surface area contributed by atoms with Crippen molar-refractivity contribution in [2.45, 2.75) is 64.5 Å². The maximum absolute atomic E-state index is 12.0. The highest BCUT2D eigenvalue weighted by molar-refractivity contribution is 5.78. The molecular weight excluding hydrogens is 228 g/mol. The van der Waals surface area contributed by atoms with Gasteiger partial charge in [-0.05, 0) is 32.2 Å². The quantitative estimate of drug-likeness (QED) is 0.758. The molecule has 4 heteroatoms. The van der Waals surface area contributed by atoms with Crippen LogP contribution in [0.3, 0.4) is 0 Å². The zero-order chi connectivity index (χ0) is 13.4. The van der Waals surface area contributed by atoms with E-state index in [0.717, 1.165) is 38.6 Å². The van der Waals surface area contributed by atoms with Crippen LogP contribution in [-0.2, 0) is 4.79 Å². The number of hydrogen-bond donors (Lipinski definition) is 2. The fourth-order valence-corrected chi connectivity index (χ4v) is 2.60. The Morgan fingerprint density at radius 3 is 2.67 bits per heavy atom. The van der Waals surface area contributed by atoms with Crippen LogP contribution in [0.4, 0.5) is 0 Å². The lowest BCUT2D eigenvalue weighted by molar-refractivity contribution is -0.123. The second-order valence-corrected chi connectivity index (χ2v) is 5.24. The molecule has 0 aliphatic carbocycles. The molecule has 0 bridgehead atoms. The van der Waals surface area contributed by atoms with Crippen molar-refractivity contribution in [2.24, 2.45) is 0 Å². The normalized spacial score (nSPS) is 21.9. The maximum atomic E-state index is 12.0. The van der Waals surface area contributed by atoms with Gasteiger partial charge in [0.1, 0.15) is 0 Å². The van der Waals surface area contributed by atoms with Gasteiger partial charge in [0.25, 0.3) is 0 Å². The Labute approximate surface area is 111 Å². The van der Waals surface area contributed by atoms with Crippen LogP contribution in [0.2, 0.25) is 0 Å². The number of carbonyl (C=O) groups excluding carboxylic acids is 1. The average Bonchev–Trinajstić information content (AvgIpc) is 2.60. The van der Waals surface area contributed by atoms with E-state index in [1.54, 1.807) is 0 Å². The third-order valence-electron chi connectivity index (χ3n) is 3.91. The Bertz CT molecular complexity index is 242. The number of carbonyl (C=O) groups is 1. The monoisotopic (exact) mass is 256 g/mol. The Morgan fingerprint density at radius 2 is 2.06 bits per heavy atom. The fourth-order valence-electron chi connectivity index (χ4n) is 2.60. The van der Waals surface area contributed by atoms with Crippen molar-refractivity contribution in [3.8, 4) is 0 Å². The van der Waals surface area contributed by atoms with Gasteiger partial charge in [0.05, 0.1) is 13.2 Å². The summed E-state index contributed by atoms with van der Waals surface area (Å²) < 4.78 is 0. The summed E-state index contributed by atoms with van der Waals surface area (Å²) in [5.74, 6) is 0.101. The number of nitrogens with zero attached hydrogens (tertiary/aromatic N) is 1. The number of nitrogens with one attached hydrogen (secondary N) is 1. The van der Waals surface area contributed by atoms with Crippen molar-refractivity contribution >= 4 is 5.91 Å². The third-order valence-corrected chi connectivity index (χ3v) is 3.91. The van der Waals surface area contributed by atoms with E-state index >= 15 is 0 Å². The van der Waals surface area contributed by atoms with Crippen LogP contribution in [0.15, 0.2) is 0 Å². The number of aliphatic hydroxyl groups excluding tert-OH is 1. The van der Waals surface area contributed by atoms with Gasteiger partial charge in [-0.25, -0.2) is 0 Å². The summed E-state index contributed by atoms with van der Waals surface area (Å²) in [5.41, 5.74) is 0. The fraction of sp³-hybridized carbons (Fsp3) is 0.929. The highest BCUT2D eigenvalue weighted by Crippen LogP contribution is 2.16. The predicted octanol–water partition coefficient (Wildman–Crippen LogP) is 1.53. The first-order valence-corrected chi connectivity index (χ1v) is 7.35. The summed E-state index contributed by atoms with van der Waals surface area (Å²) in [6.45, 7) is 5.72. The van der Waals surface area contributed by atoms with E-state index in [9.17, 15) is 9.90 Å². The van der Waals surface area contributed by atoms with Gasteiger partial charge in [-0.3, -0.25) is 9.69 Å². The standard InChI is InChI=1S/C14H28N2O2/c1-3-12(4-2)15-14(18)10-16-9-7-5-6-8-13(16)11-17/h12-13,17H,3-11H2,1-2H3,(H,15,18). The van der Waals surface area contributed by atoms with E-state index < -0.39 is 0 Å². The number of likely N-dealkylation sites (tertiary alicyclic amines) is 1. The molecule has 1 aliphatic heterocycles. The molecule has 1 unspecified atom stereocenters. The molecule has 1 amide bonds. The first kappa shape index (κ1) is 15.4. The van der Waals surface area contributed by atoms with Crippen LogP contribution in [0.25, 0.3) is 0 Å². The molecule has 1 saturated heterocycles. The first-order chi connectivity index (χ1) is 8.71.